The molecule has 0 aliphatic heterocycles. The van der Waals surface area contributed by atoms with Crippen molar-refractivity contribution in [2.45, 2.75) is 0 Å². The second kappa shape index (κ2) is 3.82. The van der Waals surface area contributed by atoms with Crippen LogP contribution in [-0.4, -0.2) is 15.4 Å². The lowest BCUT2D eigenvalue weighted by atomic mass is 10.3. The van der Waals surface area contributed by atoms with Gasteiger partial charge in [-0.15, -0.1) is 0 Å². The van der Waals surface area contributed by atoms with Crippen LogP contribution in [0.2, 0.25) is 0 Å². The molecule has 0 aliphatic carbocycles. The number of aryl methyl sites for hydroxylation is 1. The molecule has 0 N–H and O–H groups in total. The minimum absolute atomic E-state index is 0.564. The van der Waals surface area contributed by atoms with Crippen LogP contribution >= 0.6 is 12.2 Å². The van der Waals surface area contributed by atoms with E-state index in [0.29, 0.717) is 10.5 Å². The molecule has 0 fully saturated rings. The zero-order chi connectivity index (χ0) is 10.8. The number of nitrogens with zero attached hydrogens (tertiary/aromatic N) is 2. The van der Waals surface area contributed by atoms with Crippen LogP contribution in [0.4, 0.5) is 0 Å². The van der Waals surface area contributed by atoms with E-state index in [4.69, 9.17) is 12.2 Å². The van der Waals surface area contributed by atoms with Crippen LogP contribution in [0.3, 0.4) is 0 Å². The summed E-state index contributed by atoms with van der Waals surface area (Å²) in [7, 11) is 1.83. The first-order chi connectivity index (χ1) is 7.24. The molecule has 0 bridgehead atoms. The molecule has 1 heterocycles. The molecule has 1 aromatic heterocycles. The molecule has 2 aromatic rings. The van der Waals surface area contributed by atoms with Gasteiger partial charge >= 0.3 is 0 Å². The fraction of sp³-hybridized carbons (Fsp3) is 0.0909. The van der Waals surface area contributed by atoms with Gasteiger partial charge in [0.15, 0.2) is 11.1 Å². The van der Waals surface area contributed by atoms with Gasteiger partial charge in [-0.1, -0.05) is 18.2 Å². The molecule has 0 saturated heterocycles. The number of para-hydroxylation sites is 1. The van der Waals surface area contributed by atoms with Gasteiger partial charge in [-0.25, -0.2) is 0 Å². The van der Waals surface area contributed by atoms with Gasteiger partial charge in [-0.05, 0) is 24.4 Å². The zero-order valence-electron chi connectivity index (χ0n) is 8.25. The molecule has 0 unspecified atom stereocenters. The van der Waals surface area contributed by atoms with Crippen molar-refractivity contribution in [3.63, 3.8) is 0 Å². The van der Waals surface area contributed by atoms with Gasteiger partial charge in [0.05, 0.1) is 0 Å². The summed E-state index contributed by atoms with van der Waals surface area (Å²) >= 11 is 5.23. The van der Waals surface area contributed by atoms with E-state index in [0.717, 1.165) is 12.0 Å². The summed E-state index contributed by atoms with van der Waals surface area (Å²) in [5.41, 5.74) is 1.47. The highest BCUT2D eigenvalue weighted by atomic mass is 32.1. The fourth-order valence-corrected chi connectivity index (χ4v) is 1.76. The summed E-state index contributed by atoms with van der Waals surface area (Å²) in [6.07, 6.45) is 2.53. The van der Waals surface area contributed by atoms with E-state index in [9.17, 15) is 4.79 Å². The van der Waals surface area contributed by atoms with Crippen molar-refractivity contribution in [1.82, 2.24) is 9.13 Å². The van der Waals surface area contributed by atoms with Crippen LogP contribution in [-0.2, 0) is 7.05 Å². The molecule has 0 spiro atoms. The molecule has 15 heavy (non-hydrogen) atoms. The van der Waals surface area contributed by atoms with E-state index >= 15 is 0 Å². The third-order valence-electron chi connectivity index (χ3n) is 2.21. The van der Waals surface area contributed by atoms with Gasteiger partial charge in [-0.2, -0.15) is 0 Å². The Morgan fingerprint density at radius 3 is 2.53 bits per heavy atom. The van der Waals surface area contributed by atoms with Crippen LogP contribution in [0.25, 0.3) is 5.69 Å². The minimum atomic E-state index is 0.564. The first-order valence-corrected chi connectivity index (χ1v) is 4.94. The van der Waals surface area contributed by atoms with Crippen molar-refractivity contribution in [2.24, 2.45) is 7.05 Å². The van der Waals surface area contributed by atoms with Crippen LogP contribution < -0.4 is 0 Å². The molecule has 0 amide bonds. The Morgan fingerprint density at radius 2 is 1.93 bits per heavy atom. The van der Waals surface area contributed by atoms with Gasteiger partial charge in [0, 0.05) is 18.9 Å². The molecule has 0 saturated carbocycles. The number of hydrogen-bond acceptors (Lipinski definition) is 2. The number of aromatic nitrogens is 2. The smallest absolute Gasteiger partial charge is 0.184 e. The van der Waals surface area contributed by atoms with Crippen LogP contribution in [0.1, 0.15) is 10.5 Å². The lowest BCUT2D eigenvalue weighted by molar-refractivity contribution is 0.111. The first kappa shape index (κ1) is 9.86. The molecule has 2 rings (SSSR count). The topological polar surface area (TPSA) is 26.9 Å². The standard InChI is InChI=1S/C11H10N2OS/c1-12-7-10(8-14)13(11(12)15)9-5-3-2-4-6-9/h2-8H,1H3. The number of hydrogen-bond donors (Lipinski definition) is 0. The highest BCUT2D eigenvalue weighted by Crippen LogP contribution is 2.12. The van der Waals surface area contributed by atoms with E-state index in [-0.39, 0.29) is 0 Å². The van der Waals surface area contributed by atoms with E-state index < -0.39 is 0 Å². The van der Waals surface area contributed by atoms with Gasteiger partial charge < -0.3 is 4.57 Å². The lowest BCUT2D eigenvalue weighted by Gasteiger charge is -2.03. The Kier molecular flexibility index (Phi) is 2.51. The summed E-state index contributed by atoms with van der Waals surface area (Å²) in [5.74, 6) is 0. The normalized spacial score (nSPS) is 10.2. The lowest BCUT2D eigenvalue weighted by Crippen LogP contribution is -1.99. The SMILES string of the molecule is Cn1cc(C=O)n(-c2ccccc2)c1=S. The summed E-state index contributed by atoms with van der Waals surface area (Å²) < 4.78 is 4.12. The quantitative estimate of drug-likeness (QED) is 0.571. The highest BCUT2D eigenvalue weighted by molar-refractivity contribution is 7.71. The van der Waals surface area contributed by atoms with Crippen molar-refractivity contribution in [2.75, 3.05) is 0 Å². The number of rotatable bonds is 2. The Balaban J connectivity index is 2.72. The Bertz CT molecular complexity index is 539. The third kappa shape index (κ3) is 1.64. The molecular weight excluding hydrogens is 208 g/mol. The Hall–Kier alpha value is -1.68. The van der Waals surface area contributed by atoms with Crippen molar-refractivity contribution in [3.8, 4) is 5.69 Å². The number of imidazole rings is 1. The summed E-state index contributed by atoms with van der Waals surface area (Å²) in [4.78, 5) is 10.9. The summed E-state index contributed by atoms with van der Waals surface area (Å²) in [6.45, 7) is 0. The monoisotopic (exact) mass is 218 g/mol. The summed E-state index contributed by atoms with van der Waals surface area (Å²) in [5, 5.41) is 0. The molecule has 1 aromatic carbocycles. The molecular formula is C11H10N2OS. The predicted octanol–water partition coefficient (Wildman–Crippen LogP) is 2.36. The second-order valence-electron chi connectivity index (χ2n) is 3.24. The number of carbonyl (C=O) groups excluding carboxylic acids is 1. The first-order valence-electron chi connectivity index (χ1n) is 4.53. The molecule has 0 aliphatic rings. The summed E-state index contributed by atoms with van der Waals surface area (Å²) in [6, 6.07) is 9.60. The molecule has 76 valence electrons. The average molecular weight is 218 g/mol. The molecule has 0 radical (unpaired) electrons. The van der Waals surface area contributed by atoms with E-state index in [1.165, 1.54) is 0 Å². The third-order valence-corrected chi connectivity index (χ3v) is 2.68. The van der Waals surface area contributed by atoms with Gasteiger partial charge in [-0.3, -0.25) is 9.36 Å². The van der Waals surface area contributed by atoms with Crippen LogP contribution in [0.15, 0.2) is 36.5 Å². The van der Waals surface area contributed by atoms with Gasteiger partial charge in [0.2, 0.25) is 0 Å². The van der Waals surface area contributed by atoms with Crippen molar-refractivity contribution < 1.29 is 4.79 Å². The largest absolute Gasteiger partial charge is 0.326 e. The molecule has 3 nitrogen and oxygen atoms in total. The minimum Gasteiger partial charge on any atom is -0.326 e. The molecule has 0 atom stereocenters. The maximum Gasteiger partial charge on any atom is 0.184 e. The predicted molar refractivity (Wildman–Crippen MR) is 61.0 cm³/mol. The maximum absolute atomic E-state index is 10.9. The maximum atomic E-state index is 10.9. The number of carbonyl (C=O) groups is 1. The van der Waals surface area contributed by atoms with E-state index in [2.05, 4.69) is 0 Å². The highest BCUT2D eigenvalue weighted by Gasteiger charge is 2.06. The Morgan fingerprint density at radius 1 is 1.27 bits per heavy atom. The van der Waals surface area contributed by atoms with Gasteiger partial charge in [0.1, 0.15) is 5.69 Å². The van der Waals surface area contributed by atoms with E-state index in [1.54, 1.807) is 15.3 Å². The number of benzene rings is 1. The number of aldehydes is 1. The average Bonchev–Trinajstić information content (AvgIpc) is 2.56. The molecule has 4 heteroatoms. The zero-order valence-corrected chi connectivity index (χ0v) is 9.07. The van der Waals surface area contributed by atoms with E-state index in [1.807, 2.05) is 37.4 Å². The van der Waals surface area contributed by atoms with Gasteiger partial charge in [0.25, 0.3) is 0 Å². The second-order valence-corrected chi connectivity index (χ2v) is 3.60. The van der Waals surface area contributed by atoms with Crippen molar-refractivity contribution in [3.05, 3.63) is 47.0 Å². The van der Waals surface area contributed by atoms with Crippen molar-refractivity contribution in [1.29, 1.82) is 0 Å². The Labute approximate surface area is 92.6 Å². The fourth-order valence-electron chi connectivity index (χ4n) is 1.50. The van der Waals surface area contributed by atoms with Crippen LogP contribution in [0.5, 0.6) is 0 Å². The van der Waals surface area contributed by atoms with Crippen molar-refractivity contribution >= 4 is 18.5 Å². The van der Waals surface area contributed by atoms with Crippen LogP contribution in [0, 0.1) is 4.77 Å².